The van der Waals surface area contributed by atoms with Gasteiger partial charge in [0, 0.05) is 51.3 Å². The minimum atomic E-state index is 0.00164. The van der Waals surface area contributed by atoms with E-state index in [0.717, 1.165) is 28.1 Å². The van der Waals surface area contributed by atoms with Crippen molar-refractivity contribution in [3.8, 4) is 16.9 Å². The maximum atomic E-state index is 13.2. The number of fused-ring (bicyclic) bond motifs is 1. The Morgan fingerprint density at radius 3 is 2.61 bits per heavy atom. The Hall–Kier alpha value is -3.87. The van der Waals surface area contributed by atoms with Gasteiger partial charge in [-0.05, 0) is 22.8 Å². The van der Waals surface area contributed by atoms with Crippen LogP contribution in [0.4, 0.5) is 0 Å². The molecular weight excluding hydrogens is 390 g/mol. The number of amides is 1. The zero-order chi connectivity index (χ0) is 21.4. The van der Waals surface area contributed by atoms with Gasteiger partial charge in [-0.25, -0.2) is 4.98 Å². The van der Waals surface area contributed by atoms with Gasteiger partial charge in [0.2, 0.25) is 0 Å². The number of benzene rings is 2. The van der Waals surface area contributed by atoms with Crippen molar-refractivity contribution in [2.24, 2.45) is 14.1 Å². The van der Waals surface area contributed by atoms with Crippen LogP contribution in [-0.4, -0.2) is 30.1 Å². The van der Waals surface area contributed by atoms with E-state index in [9.17, 15) is 4.79 Å². The zero-order valence-corrected chi connectivity index (χ0v) is 17.5. The highest BCUT2D eigenvalue weighted by atomic mass is 16.5. The molecule has 3 heterocycles. The molecule has 0 unspecified atom stereocenters. The molecule has 5 rings (SSSR count). The van der Waals surface area contributed by atoms with Gasteiger partial charge in [0.1, 0.15) is 18.2 Å². The van der Waals surface area contributed by atoms with Crippen molar-refractivity contribution in [3.05, 3.63) is 89.8 Å². The molecule has 0 aliphatic carbocycles. The van der Waals surface area contributed by atoms with Crippen LogP contribution in [0.15, 0.2) is 67.3 Å². The molecule has 0 spiro atoms. The molecule has 0 radical (unpaired) electrons. The van der Waals surface area contributed by atoms with E-state index in [0.29, 0.717) is 31.0 Å². The quantitative estimate of drug-likeness (QED) is 0.485. The lowest BCUT2D eigenvalue weighted by molar-refractivity contribution is 0.0763. The van der Waals surface area contributed by atoms with Gasteiger partial charge < -0.3 is 14.2 Å². The third-order valence-electron chi connectivity index (χ3n) is 5.62. The van der Waals surface area contributed by atoms with E-state index in [4.69, 9.17) is 4.74 Å². The number of carbonyl (C=O) groups is 1. The molecule has 1 aliphatic rings. The van der Waals surface area contributed by atoms with E-state index in [2.05, 4.69) is 34.3 Å². The summed E-state index contributed by atoms with van der Waals surface area (Å²) < 4.78 is 9.67. The highest BCUT2D eigenvalue weighted by Crippen LogP contribution is 2.32. The maximum Gasteiger partial charge on any atom is 0.258 e. The van der Waals surface area contributed by atoms with Gasteiger partial charge in [-0.1, -0.05) is 36.4 Å². The molecule has 2 aromatic heterocycles. The van der Waals surface area contributed by atoms with Crippen LogP contribution < -0.4 is 4.74 Å². The molecule has 4 aromatic rings. The van der Waals surface area contributed by atoms with Crippen LogP contribution in [0.25, 0.3) is 11.1 Å². The molecule has 1 aliphatic heterocycles. The fourth-order valence-electron chi connectivity index (χ4n) is 3.91. The highest BCUT2D eigenvalue weighted by molar-refractivity contribution is 6.01. The van der Waals surface area contributed by atoms with Crippen LogP contribution in [0.2, 0.25) is 0 Å². The molecule has 0 N–H and O–H groups in total. The third kappa shape index (κ3) is 3.70. The van der Waals surface area contributed by atoms with Crippen molar-refractivity contribution in [1.29, 1.82) is 0 Å². The minimum Gasteiger partial charge on any atom is -0.485 e. The summed E-state index contributed by atoms with van der Waals surface area (Å²) in [7, 11) is 3.83. The van der Waals surface area contributed by atoms with Crippen LogP contribution in [0.5, 0.6) is 5.75 Å². The number of rotatable bonds is 6. The van der Waals surface area contributed by atoms with E-state index in [1.807, 2.05) is 60.4 Å². The molecule has 2 aromatic carbocycles. The maximum absolute atomic E-state index is 13.2. The Morgan fingerprint density at radius 1 is 1.06 bits per heavy atom. The van der Waals surface area contributed by atoms with Crippen molar-refractivity contribution in [1.82, 2.24) is 24.2 Å². The van der Waals surface area contributed by atoms with Crippen LogP contribution in [0.1, 0.15) is 27.3 Å². The number of hydrogen-bond donors (Lipinski definition) is 0. The number of nitrogens with zero attached hydrogens (tertiary/aromatic N) is 5. The SMILES string of the molecule is Cn1cc(-c2ccc(CN3Cc4cccc(OCc5nccn5C)c4C3=O)cc2)cn1. The molecular formula is C24H23N5O2. The molecule has 1 amide bonds. The van der Waals surface area contributed by atoms with Crippen LogP contribution in [0, 0.1) is 0 Å². The fourth-order valence-corrected chi connectivity index (χ4v) is 3.91. The second kappa shape index (κ2) is 7.75. The molecule has 31 heavy (non-hydrogen) atoms. The Balaban J connectivity index is 1.30. The van der Waals surface area contributed by atoms with Gasteiger partial charge in [-0.2, -0.15) is 5.10 Å². The summed E-state index contributed by atoms with van der Waals surface area (Å²) in [6.45, 7) is 1.46. The normalized spacial score (nSPS) is 13.0. The highest BCUT2D eigenvalue weighted by Gasteiger charge is 2.30. The summed E-state index contributed by atoms with van der Waals surface area (Å²) >= 11 is 0. The molecule has 0 bridgehead atoms. The molecule has 7 nitrogen and oxygen atoms in total. The minimum absolute atomic E-state index is 0.00164. The van der Waals surface area contributed by atoms with Crippen LogP contribution in [-0.2, 0) is 33.8 Å². The standard InChI is InChI=1S/C24H23N5O2/c1-27-11-10-25-22(27)16-31-21-5-3-4-19-15-29(24(30)23(19)21)13-17-6-8-18(9-7-17)20-12-26-28(2)14-20/h3-12,14H,13,15-16H2,1-2H3. The lowest BCUT2D eigenvalue weighted by Gasteiger charge is -2.16. The monoisotopic (exact) mass is 413 g/mol. The summed E-state index contributed by atoms with van der Waals surface area (Å²) in [5, 5.41) is 4.22. The summed E-state index contributed by atoms with van der Waals surface area (Å²) in [6.07, 6.45) is 7.45. The Bertz CT molecular complexity index is 1240. The molecule has 0 saturated heterocycles. The van der Waals surface area contributed by atoms with E-state index in [1.54, 1.807) is 10.9 Å². The first-order chi connectivity index (χ1) is 15.1. The topological polar surface area (TPSA) is 65.2 Å². The van der Waals surface area contributed by atoms with Gasteiger partial charge in [0.15, 0.2) is 0 Å². The van der Waals surface area contributed by atoms with E-state index in [1.165, 1.54) is 0 Å². The first-order valence-corrected chi connectivity index (χ1v) is 10.2. The van der Waals surface area contributed by atoms with Crippen molar-refractivity contribution in [3.63, 3.8) is 0 Å². The second-order valence-electron chi connectivity index (χ2n) is 7.79. The van der Waals surface area contributed by atoms with E-state index < -0.39 is 0 Å². The van der Waals surface area contributed by atoms with Gasteiger partial charge in [-0.3, -0.25) is 9.48 Å². The van der Waals surface area contributed by atoms with Gasteiger partial charge in [0.05, 0.1) is 11.8 Å². The predicted molar refractivity (Wildman–Crippen MR) is 116 cm³/mol. The molecule has 156 valence electrons. The van der Waals surface area contributed by atoms with Crippen molar-refractivity contribution in [2.45, 2.75) is 19.7 Å². The Kier molecular flexibility index (Phi) is 4.78. The average molecular weight is 413 g/mol. The molecule has 0 saturated carbocycles. The third-order valence-corrected chi connectivity index (χ3v) is 5.62. The Morgan fingerprint density at radius 2 is 1.90 bits per heavy atom. The fraction of sp³-hybridized carbons (Fsp3) is 0.208. The number of ether oxygens (including phenoxy) is 1. The smallest absolute Gasteiger partial charge is 0.258 e. The number of aryl methyl sites for hydroxylation is 2. The van der Waals surface area contributed by atoms with Gasteiger partial charge in [0.25, 0.3) is 5.91 Å². The lowest BCUT2D eigenvalue weighted by atomic mass is 10.1. The zero-order valence-electron chi connectivity index (χ0n) is 17.5. The summed E-state index contributed by atoms with van der Waals surface area (Å²) in [5.41, 5.74) is 4.92. The number of carbonyl (C=O) groups excluding carboxylic acids is 1. The second-order valence-corrected chi connectivity index (χ2v) is 7.79. The average Bonchev–Trinajstić information content (AvgIpc) is 3.47. The predicted octanol–water partition coefficient (Wildman–Crippen LogP) is 3.56. The molecule has 0 fully saturated rings. The number of aromatic nitrogens is 4. The number of imidazole rings is 1. The molecule has 0 atom stereocenters. The first-order valence-electron chi connectivity index (χ1n) is 10.2. The lowest BCUT2D eigenvalue weighted by Crippen LogP contribution is -2.23. The summed E-state index contributed by atoms with van der Waals surface area (Å²) in [5.74, 6) is 1.43. The van der Waals surface area contributed by atoms with E-state index in [-0.39, 0.29) is 5.91 Å². The molecule has 7 heteroatoms. The van der Waals surface area contributed by atoms with Crippen molar-refractivity contribution < 1.29 is 9.53 Å². The number of hydrogen-bond acceptors (Lipinski definition) is 4. The summed E-state index contributed by atoms with van der Waals surface area (Å²) in [6, 6.07) is 14.1. The van der Waals surface area contributed by atoms with Crippen molar-refractivity contribution >= 4 is 5.91 Å². The van der Waals surface area contributed by atoms with E-state index >= 15 is 0 Å². The van der Waals surface area contributed by atoms with Gasteiger partial charge >= 0.3 is 0 Å². The Labute approximate surface area is 180 Å². The van der Waals surface area contributed by atoms with Crippen molar-refractivity contribution in [2.75, 3.05) is 0 Å². The van der Waals surface area contributed by atoms with Gasteiger partial charge in [-0.15, -0.1) is 0 Å². The van der Waals surface area contributed by atoms with Crippen LogP contribution >= 0.6 is 0 Å². The van der Waals surface area contributed by atoms with Crippen LogP contribution in [0.3, 0.4) is 0 Å². The largest absolute Gasteiger partial charge is 0.485 e. The first kappa shape index (κ1) is 19.1. The summed E-state index contributed by atoms with van der Waals surface area (Å²) in [4.78, 5) is 19.3.